The number of benzene rings is 1. The summed E-state index contributed by atoms with van der Waals surface area (Å²) in [6.45, 7) is 4.17. The number of hydrogen-bond acceptors (Lipinski definition) is 3. The fraction of sp³-hybridized carbons (Fsp3) is 0.235. The van der Waals surface area contributed by atoms with Gasteiger partial charge in [0.05, 0.1) is 12.5 Å². The minimum absolute atomic E-state index is 0.294. The normalized spacial score (nSPS) is 11.0. The molecule has 0 saturated carbocycles. The molecule has 2 heterocycles. The molecule has 0 saturated heterocycles. The van der Waals surface area contributed by atoms with Gasteiger partial charge in [-0.15, -0.1) is 0 Å². The van der Waals surface area contributed by atoms with Crippen LogP contribution in [-0.2, 0) is 6.42 Å². The van der Waals surface area contributed by atoms with Crippen molar-refractivity contribution in [1.82, 2.24) is 14.6 Å². The molecular formula is C17H16N4. The number of hydrogen-bond donors (Lipinski definition) is 0. The number of nitrogens with zero attached hydrogens (tertiary/aromatic N) is 4. The summed E-state index contributed by atoms with van der Waals surface area (Å²) >= 11 is 0. The van der Waals surface area contributed by atoms with Gasteiger partial charge in [-0.25, -0.2) is 9.50 Å². The molecule has 3 rings (SSSR count). The lowest BCUT2D eigenvalue weighted by Crippen LogP contribution is -1.91. The van der Waals surface area contributed by atoms with Crippen LogP contribution in [0.25, 0.3) is 16.8 Å². The van der Waals surface area contributed by atoms with Crippen molar-refractivity contribution < 1.29 is 0 Å². The summed E-state index contributed by atoms with van der Waals surface area (Å²) in [5, 5.41) is 13.4. The maximum absolute atomic E-state index is 8.84. The monoisotopic (exact) mass is 276 g/mol. The van der Waals surface area contributed by atoms with Crippen molar-refractivity contribution in [3.63, 3.8) is 0 Å². The predicted molar refractivity (Wildman–Crippen MR) is 81.8 cm³/mol. The van der Waals surface area contributed by atoms with E-state index in [2.05, 4.69) is 30.0 Å². The average Bonchev–Trinajstić information content (AvgIpc) is 2.92. The Labute approximate surface area is 123 Å². The van der Waals surface area contributed by atoms with E-state index in [-0.39, 0.29) is 0 Å². The molecule has 0 radical (unpaired) electrons. The van der Waals surface area contributed by atoms with Crippen LogP contribution in [0, 0.1) is 11.3 Å². The summed E-state index contributed by atoms with van der Waals surface area (Å²) in [6, 6.07) is 14.2. The molecule has 4 heteroatoms. The summed E-state index contributed by atoms with van der Waals surface area (Å²) < 4.78 is 1.82. The van der Waals surface area contributed by atoms with Crippen LogP contribution in [0.1, 0.15) is 31.2 Å². The van der Waals surface area contributed by atoms with E-state index in [0.29, 0.717) is 12.3 Å². The highest BCUT2D eigenvalue weighted by atomic mass is 15.3. The predicted octanol–water partition coefficient (Wildman–Crippen LogP) is 3.59. The number of fused-ring (bicyclic) bond motifs is 1. The Hall–Kier alpha value is -2.67. The van der Waals surface area contributed by atoms with E-state index in [1.54, 1.807) is 0 Å². The molecule has 104 valence electrons. The van der Waals surface area contributed by atoms with Crippen molar-refractivity contribution in [2.24, 2.45) is 0 Å². The summed E-state index contributed by atoms with van der Waals surface area (Å²) in [6.07, 6.45) is 2.33. The lowest BCUT2D eigenvalue weighted by Gasteiger charge is -2.04. The van der Waals surface area contributed by atoms with Gasteiger partial charge >= 0.3 is 0 Å². The van der Waals surface area contributed by atoms with E-state index < -0.39 is 0 Å². The van der Waals surface area contributed by atoms with E-state index in [1.165, 1.54) is 0 Å². The molecule has 3 aromatic rings. The third-order valence-corrected chi connectivity index (χ3v) is 3.42. The molecular weight excluding hydrogens is 260 g/mol. The van der Waals surface area contributed by atoms with Crippen LogP contribution >= 0.6 is 0 Å². The summed E-state index contributed by atoms with van der Waals surface area (Å²) in [4.78, 5) is 4.65. The molecule has 0 bridgehead atoms. The van der Waals surface area contributed by atoms with Crippen molar-refractivity contribution in [3.8, 4) is 17.2 Å². The van der Waals surface area contributed by atoms with Crippen LogP contribution in [0.3, 0.4) is 0 Å². The Morgan fingerprint density at radius 1 is 1.24 bits per heavy atom. The van der Waals surface area contributed by atoms with Gasteiger partial charge in [-0.2, -0.15) is 10.4 Å². The maximum atomic E-state index is 8.84. The van der Waals surface area contributed by atoms with Gasteiger partial charge in [-0.05, 0) is 29.3 Å². The number of pyridine rings is 1. The molecule has 2 aromatic heterocycles. The molecule has 0 unspecified atom stereocenters. The second-order valence-electron chi connectivity index (χ2n) is 5.35. The Kier molecular flexibility index (Phi) is 3.41. The molecule has 4 nitrogen and oxygen atoms in total. The molecule has 0 fully saturated rings. The van der Waals surface area contributed by atoms with E-state index in [4.69, 9.17) is 5.26 Å². The zero-order valence-electron chi connectivity index (χ0n) is 12.1. The van der Waals surface area contributed by atoms with E-state index >= 15 is 0 Å². The Bertz CT molecular complexity index is 824. The van der Waals surface area contributed by atoms with Crippen LogP contribution in [-0.4, -0.2) is 14.6 Å². The average molecular weight is 276 g/mol. The fourth-order valence-corrected chi connectivity index (χ4v) is 2.33. The van der Waals surface area contributed by atoms with Crippen molar-refractivity contribution in [1.29, 1.82) is 5.26 Å². The SMILES string of the molecule is CC(C)c1nc2c(-c3cccc(CC#N)c3)cccn2n1. The first-order chi connectivity index (χ1) is 10.2. The van der Waals surface area contributed by atoms with E-state index in [0.717, 1.165) is 28.2 Å². The van der Waals surface area contributed by atoms with Gasteiger partial charge in [-0.1, -0.05) is 32.0 Å². The lowest BCUT2D eigenvalue weighted by atomic mass is 10.0. The van der Waals surface area contributed by atoms with Gasteiger partial charge in [0.15, 0.2) is 11.5 Å². The Balaban J connectivity index is 2.16. The first-order valence-corrected chi connectivity index (χ1v) is 7.00. The van der Waals surface area contributed by atoms with Crippen molar-refractivity contribution in [3.05, 3.63) is 54.0 Å². The highest BCUT2D eigenvalue weighted by Gasteiger charge is 2.11. The largest absolute Gasteiger partial charge is 0.220 e. The van der Waals surface area contributed by atoms with Gasteiger partial charge in [0.2, 0.25) is 0 Å². The molecule has 0 spiro atoms. The van der Waals surface area contributed by atoms with Gasteiger partial charge in [0, 0.05) is 17.7 Å². The zero-order valence-corrected chi connectivity index (χ0v) is 12.1. The third-order valence-electron chi connectivity index (χ3n) is 3.42. The minimum Gasteiger partial charge on any atom is -0.220 e. The Morgan fingerprint density at radius 2 is 2.10 bits per heavy atom. The van der Waals surface area contributed by atoms with Crippen molar-refractivity contribution >= 4 is 5.65 Å². The van der Waals surface area contributed by atoms with Crippen molar-refractivity contribution in [2.75, 3.05) is 0 Å². The molecule has 21 heavy (non-hydrogen) atoms. The van der Waals surface area contributed by atoms with Gasteiger partial charge < -0.3 is 0 Å². The molecule has 0 aliphatic rings. The second-order valence-corrected chi connectivity index (χ2v) is 5.35. The van der Waals surface area contributed by atoms with E-state index in [1.807, 2.05) is 47.1 Å². The standard InChI is InChI=1S/C17H16N4/c1-12(2)16-19-17-15(7-4-10-21(17)20-16)14-6-3-5-13(11-14)8-9-18/h3-7,10-12H,8H2,1-2H3. The number of aromatic nitrogens is 3. The van der Waals surface area contributed by atoms with Crippen LogP contribution < -0.4 is 0 Å². The highest BCUT2D eigenvalue weighted by Crippen LogP contribution is 2.25. The molecule has 0 amide bonds. The summed E-state index contributed by atoms with van der Waals surface area (Å²) in [7, 11) is 0. The van der Waals surface area contributed by atoms with Crippen LogP contribution in [0.4, 0.5) is 0 Å². The molecule has 0 aliphatic heterocycles. The number of nitriles is 1. The highest BCUT2D eigenvalue weighted by molar-refractivity contribution is 5.77. The second kappa shape index (κ2) is 5.37. The first kappa shape index (κ1) is 13.3. The Morgan fingerprint density at radius 3 is 2.86 bits per heavy atom. The topological polar surface area (TPSA) is 54.0 Å². The number of rotatable bonds is 3. The zero-order chi connectivity index (χ0) is 14.8. The molecule has 0 N–H and O–H groups in total. The van der Waals surface area contributed by atoms with Gasteiger partial charge in [0.25, 0.3) is 0 Å². The van der Waals surface area contributed by atoms with Crippen LogP contribution in [0.15, 0.2) is 42.6 Å². The summed E-state index contributed by atoms with van der Waals surface area (Å²) in [5.41, 5.74) is 3.98. The first-order valence-electron chi connectivity index (χ1n) is 7.00. The molecule has 0 aliphatic carbocycles. The third kappa shape index (κ3) is 2.50. The smallest absolute Gasteiger partial charge is 0.163 e. The fourth-order valence-electron chi connectivity index (χ4n) is 2.33. The minimum atomic E-state index is 0.294. The van der Waals surface area contributed by atoms with Crippen LogP contribution in [0.5, 0.6) is 0 Å². The van der Waals surface area contributed by atoms with Gasteiger partial charge in [0.1, 0.15) is 0 Å². The van der Waals surface area contributed by atoms with Crippen molar-refractivity contribution in [2.45, 2.75) is 26.2 Å². The quantitative estimate of drug-likeness (QED) is 0.734. The maximum Gasteiger partial charge on any atom is 0.163 e. The summed E-state index contributed by atoms with van der Waals surface area (Å²) in [5.74, 6) is 1.14. The molecule has 1 aromatic carbocycles. The van der Waals surface area contributed by atoms with Crippen LogP contribution in [0.2, 0.25) is 0 Å². The van der Waals surface area contributed by atoms with E-state index in [9.17, 15) is 0 Å². The lowest BCUT2D eigenvalue weighted by molar-refractivity contribution is 0.765. The van der Waals surface area contributed by atoms with Gasteiger partial charge in [-0.3, -0.25) is 0 Å². The molecule has 0 atom stereocenters.